The van der Waals surface area contributed by atoms with E-state index in [1.165, 1.54) is 0 Å². The van der Waals surface area contributed by atoms with Crippen molar-refractivity contribution in [1.29, 1.82) is 0 Å². The molecular formula is C13H15BBrNO3. The summed E-state index contributed by atoms with van der Waals surface area (Å²) in [5, 5.41) is 0.923. The molecule has 0 N–H and O–H groups in total. The number of aromatic nitrogens is 1. The SMILES string of the molecule is CC1(C)OB(c2oc3ncccc3c2Br)OC1(C)C. The van der Waals surface area contributed by atoms with Crippen molar-refractivity contribution in [3.8, 4) is 0 Å². The van der Waals surface area contributed by atoms with Gasteiger partial charge in [0, 0.05) is 6.20 Å². The van der Waals surface area contributed by atoms with Gasteiger partial charge in [-0.3, -0.25) is 0 Å². The van der Waals surface area contributed by atoms with Gasteiger partial charge in [0.05, 0.1) is 21.1 Å². The predicted octanol–water partition coefficient (Wildman–Crippen LogP) is 2.89. The van der Waals surface area contributed by atoms with E-state index in [1.807, 2.05) is 39.8 Å². The minimum absolute atomic E-state index is 0.385. The molecule has 0 aliphatic carbocycles. The molecule has 3 heterocycles. The van der Waals surface area contributed by atoms with Crippen LogP contribution >= 0.6 is 15.9 Å². The first-order valence-corrected chi connectivity index (χ1v) is 7.00. The predicted molar refractivity (Wildman–Crippen MR) is 77.4 cm³/mol. The molecule has 0 unspecified atom stereocenters. The molecule has 3 rings (SSSR count). The Bertz CT molecular complexity index is 622. The summed E-state index contributed by atoms with van der Waals surface area (Å²) in [6, 6.07) is 3.82. The molecule has 1 aliphatic rings. The highest BCUT2D eigenvalue weighted by Crippen LogP contribution is 2.37. The van der Waals surface area contributed by atoms with E-state index in [-0.39, 0.29) is 11.2 Å². The second kappa shape index (κ2) is 4.07. The number of nitrogens with zero attached hydrogens (tertiary/aromatic N) is 1. The van der Waals surface area contributed by atoms with Gasteiger partial charge in [0.25, 0.3) is 0 Å². The second-order valence-corrected chi connectivity index (χ2v) is 6.52. The number of halogens is 1. The Morgan fingerprint density at radius 1 is 1.16 bits per heavy atom. The van der Waals surface area contributed by atoms with Crippen molar-refractivity contribution >= 4 is 39.8 Å². The van der Waals surface area contributed by atoms with Crippen LogP contribution in [0.5, 0.6) is 0 Å². The van der Waals surface area contributed by atoms with E-state index in [9.17, 15) is 0 Å². The number of rotatable bonds is 1. The summed E-state index contributed by atoms with van der Waals surface area (Å²) in [4.78, 5) is 4.20. The monoisotopic (exact) mass is 323 g/mol. The quantitative estimate of drug-likeness (QED) is 0.757. The molecule has 0 spiro atoms. The number of hydrogen-bond donors (Lipinski definition) is 0. The summed E-state index contributed by atoms with van der Waals surface area (Å²) in [6.07, 6.45) is 1.70. The van der Waals surface area contributed by atoms with Gasteiger partial charge in [0.15, 0.2) is 5.66 Å². The molecule has 1 fully saturated rings. The summed E-state index contributed by atoms with van der Waals surface area (Å²) < 4.78 is 18.6. The Balaban J connectivity index is 2.05. The Morgan fingerprint density at radius 3 is 2.37 bits per heavy atom. The van der Waals surface area contributed by atoms with Gasteiger partial charge in [-0.15, -0.1) is 0 Å². The Hall–Kier alpha value is -0.845. The number of furan rings is 1. The molecule has 2 aromatic heterocycles. The first-order chi connectivity index (χ1) is 8.82. The summed E-state index contributed by atoms with van der Waals surface area (Å²) in [7, 11) is -0.520. The van der Waals surface area contributed by atoms with Crippen LogP contribution in [0.4, 0.5) is 0 Å². The van der Waals surface area contributed by atoms with Gasteiger partial charge in [0.2, 0.25) is 5.71 Å². The Morgan fingerprint density at radius 2 is 1.79 bits per heavy atom. The van der Waals surface area contributed by atoms with Crippen molar-refractivity contribution in [1.82, 2.24) is 4.98 Å². The smallest absolute Gasteiger partial charge is 0.445 e. The van der Waals surface area contributed by atoms with E-state index in [0.717, 1.165) is 9.86 Å². The molecule has 0 radical (unpaired) electrons. The molecule has 2 aromatic rings. The Kier molecular flexibility index (Phi) is 2.82. The van der Waals surface area contributed by atoms with Crippen LogP contribution in [-0.2, 0) is 9.31 Å². The van der Waals surface area contributed by atoms with Gasteiger partial charge in [0.1, 0.15) is 0 Å². The standard InChI is InChI=1S/C13H15BBrNO3/c1-12(2)13(3,4)19-14(18-12)10-9(15)8-6-5-7-16-11(8)17-10/h5-7H,1-4H3. The minimum atomic E-state index is -0.520. The maximum absolute atomic E-state index is 5.99. The maximum Gasteiger partial charge on any atom is 0.534 e. The van der Waals surface area contributed by atoms with Crippen molar-refractivity contribution < 1.29 is 13.7 Å². The van der Waals surface area contributed by atoms with Crippen LogP contribution in [0.3, 0.4) is 0 Å². The highest BCUT2D eigenvalue weighted by molar-refractivity contribution is 9.10. The zero-order valence-corrected chi connectivity index (χ0v) is 12.9. The van der Waals surface area contributed by atoms with Crippen LogP contribution in [0.15, 0.2) is 27.2 Å². The molecule has 0 atom stereocenters. The normalized spacial score (nSPS) is 21.2. The minimum Gasteiger partial charge on any atom is -0.445 e. The summed E-state index contributed by atoms with van der Waals surface area (Å²) in [5.74, 6) is 0. The molecule has 0 bridgehead atoms. The molecule has 6 heteroatoms. The lowest BCUT2D eigenvalue weighted by Crippen LogP contribution is -2.41. The molecule has 0 amide bonds. The Labute approximate surface area is 120 Å². The first kappa shape index (κ1) is 13.2. The highest BCUT2D eigenvalue weighted by Gasteiger charge is 2.53. The third-order valence-electron chi connectivity index (χ3n) is 3.90. The zero-order valence-electron chi connectivity index (χ0n) is 11.4. The molecule has 0 aromatic carbocycles. The molecule has 100 valence electrons. The van der Waals surface area contributed by atoms with Crippen LogP contribution in [0.25, 0.3) is 11.1 Å². The fourth-order valence-corrected chi connectivity index (χ4v) is 2.59. The first-order valence-electron chi connectivity index (χ1n) is 6.20. The summed E-state index contributed by atoms with van der Waals surface area (Å²) in [6.45, 7) is 8.06. The molecule has 1 saturated heterocycles. The third-order valence-corrected chi connectivity index (χ3v) is 4.72. The van der Waals surface area contributed by atoms with Crippen LogP contribution < -0.4 is 5.66 Å². The van der Waals surface area contributed by atoms with Crippen LogP contribution in [0, 0.1) is 0 Å². The van der Waals surface area contributed by atoms with Gasteiger partial charge in [-0.25, -0.2) is 4.98 Å². The van der Waals surface area contributed by atoms with Gasteiger partial charge < -0.3 is 13.7 Å². The van der Waals surface area contributed by atoms with Gasteiger partial charge in [-0.2, -0.15) is 0 Å². The van der Waals surface area contributed by atoms with E-state index in [4.69, 9.17) is 13.7 Å². The van der Waals surface area contributed by atoms with Crippen LogP contribution in [-0.4, -0.2) is 23.3 Å². The van der Waals surface area contributed by atoms with Crippen molar-refractivity contribution in [2.45, 2.75) is 38.9 Å². The lowest BCUT2D eigenvalue weighted by molar-refractivity contribution is 0.00578. The largest absolute Gasteiger partial charge is 0.534 e. The van der Waals surface area contributed by atoms with Gasteiger partial charge in [-0.1, -0.05) is 0 Å². The fraction of sp³-hybridized carbons (Fsp3) is 0.462. The van der Waals surface area contributed by atoms with E-state index >= 15 is 0 Å². The third kappa shape index (κ3) is 1.93. The van der Waals surface area contributed by atoms with Crippen molar-refractivity contribution in [2.75, 3.05) is 0 Å². The van der Waals surface area contributed by atoms with Crippen LogP contribution in [0.2, 0.25) is 0 Å². The molecular weight excluding hydrogens is 309 g/mol. The highest BCUT2D eigenvalue weighted by atomic mass is 79.9. The van der Waals surface area contributed by atoms with Gasteiger partial charge in [-0.05, 0) is 55.8 Å². The molecule has 0 saturated carbocycles. The van der Waals surface area contributed by atoms with Gasteiger partial charge >= 0.3 is 7.12 Å². The maximum atomic E-state index is 5.99. The van der Waals surface area contributed by atoms with E-state index < -0.39 is 7.12 Å². The lowest BCUT2D eigenvalue weighted by Gasteiger charge is -2.32. The summed E-state index contributed by atoms with van der Waals surface area (Å²) in [5.41, 5.74) is 0.443. The van der Waals surface area contributed by atoms with Crippen LogP contribution in [0.1, 0.15) is 27.7 Å². The molecule has 19 heavy (non-hydrogen) atoms. The number of fused-ring (bicyclic) bond motifs is 1. The number of hydrogen-bond acceptors (Lipinski definition) is 4. The average molecular weight is 324 g/mol. The van der Waals surface area contributed by atoms with E-state index in [0.29, 0.717) is 11.4 Å². The van der Waals surface area contributed by atoms with Crippen molar-refractivity contribution in [3.63, 3.8) is 0 Å². The number of pyridine rings is 1. The second-order valence-electron chi connectivity index (χ2n) is 5.72. The molecule has 4 nitrogen and oxygen atoms in total. The summed E-state index contributed by atoms with van der Waals surface area (Å²) >= 11 is 3.54. The van der Waals surface area contributed by atoms with E-state index in [1.54, 1.807) is 6.20 Å². The lowest BCUT2D eigenvalue weighted by atomic mass is 9.86. The van der Waals surface area contributed by atoms with Crippen molar-refractivity contribution in [2.24, 2.45) is 0 Å². The average Bonchev–Trinajstić information content (AvgIpc) is 2.76. The van der Waals surface area contributed by atoms with E-state index in [2.05, 4.69) is 20.9 Å². The van der Waals surface area contributed by atoms with Crippen molar-refractivity contribution in [3.05, 3.63) is 22.8 Å². The fourth-order valence-electron chi connectivity index (χ4n) is 2.02. The topological polar surface area (TPSA) is 44.5 Å². The molecule has 1 aliphatic heterocycles. The zero-order chi connectivity index (χ0) is 13.8.